The van der Waals surface area contributed by atoms with Crippen LogP contribution in [0.15, 0.2) is 30.6 Å². The molecule has 2 aromatic heterocycles. The fraction of sp³-hybridized carbons (Fsp3) is 0.286. The normalized spacial score (nSPS) is 14.2. The van der Waals surface area contributed by atoms with Gasteiger partial charge in [0.1, 0.15) is 35.4 Å². The molecule has 0 spiro atoms. The zero-order valence-corrected chi connectivity index (χ0v) is 16.3. The van der Waals surface area contributed by atoms with E-state index < -0.39 is 11.9 Å². The number of rotatable bonds is 6. The minimum absolute atomic E-state index is 0.0538. The molecule has 8 nitrogen and oxygen atoms in total. The predicted octanol–water partition coefficient (Wildman–Crippen LogP) is 2.93. The minimum Gasteiger partial charge on any atom is -0.382 e. The molecule has 1 amide bonds. The molecule has 4 rings (SSSR count). The van der Waals surface area contributed by atoms with E-state index in [2.05, 4.69) is 25.6 Å². The van der Waals surface area contributed by atoms with Gasteiger partial charge in [0.05, 0.1) is 22.8 Å². The van der Waals surface area contributed by atoms with Gasteiger partial charge < -0.3 is 16.4 Å². The summed E-state index contributed by atoms with van der Waals surface area (Å²) in [4.78, 5) is 25.3. The van der Waals surface area contributed by atoms with Crippen LogP contribution >= 0.6 is 0 Å². The van der Waals surface area contributed by atoms with Crippen LogP contribution in [0.1, 0.15) is 47.4 Å². The minimum atomic E-state index is -0.513. The van der Waals surface area contributed by atoms with Crippen molar-refractivity contribution in [2.24, 2.45) is 5.92 Å². The summed E-state index contributed by atoms with van der Waals surface area (Å²) in [6, 6.07) is 7.57. The fourth-order valence-corrected chi connectivity index (χ4v) is 3.23. The van der Waals surface area contributed by atoms with Gasteiger partial charge in [-0.25, -0.2) is 19.3 Å². The molecule has 1 unspecified atom stereocenters. The van der Waals surface area contributed by atoms with E-state index in [0.29, 0.717) is 23.7 Å². The molecule has 152 valence electrons. The third kappa shape index (κ3) is 3.85. The standard InChI is InChI=1S/C21H20FN7O/c1-11(28-20-15(8-23)19(24)26-10-27-20)18-14(21(30)25-9-12-5-6-12)7-13-16(22)3-2-4-17(13)29-18/h2-4,7,10-12H,5-6,9H2,1H3,(H,25,30)(H3,24,26,27,28). The Morgan fingerprint density at radius 3 is 2.93 bits per heavy atom. The maximum Gasteiger partial charge on any atom is 0.253 e. The Labute approximate surface area is 172 Å². The molecular formula is C21H20FN7O. The number of fused-ring (bicyclic) bond motifs is 1. The molecule has 9 heteroatoms. The zero-order chi connectivity index (χ0) is 21.3. The van der Waals surface area contributed by atoms with Crippen molar-refractivity contribution in [1.29, 1.82) is 5.26 Å². The van der Waals surface area contributed by atoms with Crippen molar-refractivity contribution in [2.75, 3.05) is 17.6 Å². The molecule has 2 heterocycles. The van der Waals surface area contributed by atoms with Crippen molar-refractivity contribution in [3.63, 3.8) is 0 Å². The summed E-state index contributed by atoms with van der Waals surface area (Å²) in [5.41, 5.74) is 6.98. The van der Waals surface area contributed by atoms with Gasteiger partial charge in [-0.15, -0.1) is 0 Å². The molecule has 1 atom stereocenters. The van der Waals surface area contributed by atoms with Crippen molar-refractivity contribution >= 4 is 28.4 Å². The number of anilines is 2. The first-order valence-corrected chi connectivity index (χ1v) is 9.62. The summed E-state index contributed by atoms with van der Waals surface area (Å²) in [5, 5.41) is 15.6. The lowest BCUT2D eigenvalue weighted by Crippen LogP contribution is -2.28. The Kier molecular flexibility index (Phi) is 5.14. The van der Waals surface area contributed by atoms with Crippen LogP contribution in [-0.2, 0) is 0 Å². The average molecular weight is 405 g/mol. The van der Waals surface area contributed by atoms with Crippen LogP contribution in [-0.4, -0.2) is 27.4 Å². The topological polar surface area (TPSA) is 130 Å². The van der Waals surface area contributed by atoms with Crippen LogP contribution in [0.2, 0.25) is 0 Å². The van der Waals surface area contributed by atoms with Gasteiger partial charge in [0.15, 0.2) is 0 Å². The largest absolute Gasteiger partial charge is 0.382 e. The molecule has 1 fully saturated rings. The highest BCUT2D eigenvalue weighted by Gasteiger charge is 2.25. The summed E-state index contributed by atoms with van der Waals surface area (Å²) >= 11 is 0. The van der Waals surface area contributed by atoms with E-state index in [-0.39, 0.29) is 34.1 Å². The molecular weight excluding hydrogens is 385 g/mol. The van der Waals surface area contributed by atoms with E-state index in [1.807, 2.05) is 6.07 Å². The van der Waals surface area contributed by atoms with Gasteiger partial charge in [0.25, 0.3) is 5.91 Å². The van der Waals surface area contributed by atoms with Crippen molar-refractivity contribution in [3.8, 4) is 6.07 Å². The van der Waals surface area contributed by atoms with Crippen molar-refractivity contribution in [2.45, 2.75) is 25.8 Å². The van der Waals surface area contributed by atoms with Gasteiger partial charge >= 0.3 is 0 Å². The van der Waals surface area contributed by atoms with E-state index in [0.717, 1.165) is 12.8 Å². The van der Waals surface area contributed by atoms with Crippen molar-refractivity contribution < 1.29 is 9.18 Å². The molecule has 1 aliphatic carbocycles. The quantitative estimate of drug-likeness (QED) is 0.575. The fourth-order valence-electron chi connectivity index (χ4n) is 3.23. The summed E-state index contributed by atoms with van der Waals surface area (Å²) in [7, 11) is 0. The molecule has 1 aliphatic rings. The third-order valence-electron chi connectivity index (χ3n) is 5.08. The first kappa shape index (κ1) is 19.5. The summed E-state index contributed by atoms with van der Waals surface area (Å²) in [6.07, 6.45) is 3.45. The monoisotopic (exact) mass is 405 g/mol. The maximum absolute atomic E-state index is 14.3. The van der Waals surface area contributed by atoms with E-state index in [4.69, 9.17) is 5.73 Å². The number of nitrogens with two attached hydrogens (primary N) is 1. The van der Waals surface area contributed by atoms with Gasteiger partial charge in [-0.3, -0.25) is 4.79 Å². The Balaban J connectivity index is 1.74. The lowest BCUT2D eigenvalue weighted by molar-refractivity contribution is 0.0950. The second-order valence-corrected chi connectivity index (χ2v) is 7.34. The Morgan fingerprint density at radius 1 is 1.40 bits per heavy atom. The van der Waals surface area contributed by atoms with Crippen LogP contribution in [0.5, 0.6) is 0 Å². The van der Waals surface area contributed by atoms with Crippen LogP contribution in [0.3, 0.4) is 0 Å². The average Bonchev–Trinajstić information content (AvgIpc) is 3.56. The number of halogens is 1. The highest BCUT2D eigenvalue weighted by atomic mass is 19.1. The summed E-state index contributed by atoms with van der Waals surface area (Å²) in [5.74, 6) is 0.0334. The number of nitrogens with zero attached hydrogens (tertiary/aromatic N) is 4. The highest BCUT2D eigenvalue weighted by Crippen LogP contribution is 2.29. The molecule has 1 saturated carbocycles. The summed E-state index contributed by atoms with van der Waals surface area (Å²) < 4.78 is 14.3. The van der Waals surface area contributed by atoms with Gasteiger partial charge in [0, 0.05) is 11.9 Å². The number of nitrogens with one attached hydrogen (secondary N) is 2. The predicted molar refractivity (Wildman–Crippen MR) is 110 cm³/mol. The lowest BCUT2D eigenvalue weighted by atomic mass is 10.0. The van der Waals surface area contributed by atoms with E-state index in [1.165, 1.54) is 18.5 Å². The number of hydrogen-bond donors (Lipinski definition) is 3. The van der Waals surface area contributed by atoms with Crippen molar-refractivity contribution in [1.82, 2.24) is 20.3 Å². The molecule has 3 aromatic rings. The second-order valence-electron chi connectivity index (χ2n) is 7.34. The maximum atomic E-state index is 14.3. The number of amides is 1. The third-order valence-corrected chi connectivity index (χ3v) is 5.08. The Morgan fingerprint density at radius 2 is 2.20 bits per heavy atom. The number of carbonyl (C=O) groups excluding carboxylic acids is 1. The summed E-state index contributed by atoms with van der Waals surface area (Å²) in [6.45, 7) is 2.36. The van der Waals surface area contributed by atoms with E-state index in [1.54, 1.807) is 19.1 Å². The number of carbonyl (C=O) groups is 1. The highest BCUT2D eigenvalue weighted by molar-refractivity contribution is 5.99. The lowest BCUT2D eigenvalue weighted by Gasteiger charge is -2.19. The van der Waals surface area contributed by atoms with Crippen molar-refractivity contribution in [3.05, 3.63) is 53.2 Å². The molecule has 0 aliphatic heterocycles. The number of pyridine rings is 1. The number of benzene rings is 1. The number of nitriles is 1. The zero-order valence-electron chi connectivity index (χ0n) is 16.3. The van der Waals surface area contributed by atoms with Crippen LogP contribution in [0.25, 0.3) is 10.9 Å². The smallest absolute Gasteiger partial charge is 0.253 e. The first-order valence-electron chi connectivity index (χ1n) is 9.62. The van der Waals surface area contributed by atoms with E-state index >= 15 is 0 Å². The number of hydrogen-bond acceptors (Lipinski definition) is 7. The number of aromatic nitrogens is 3. The Hall–Kier alpha value is -3.80. The number of nitrogen functional groups attached to an aromatic ring is 1. The van der Waals surface area contributed by atoms with Gasteiger partial charge in [0.2, 0.25) is 0 Å². The first-order chi connectivity index (χ1) is 14.5. The van der Waals surface area contributed by atoms with Gasteiger partial charge in [-0.2, -0.15) is 5.26 Å². The van der Waals surface area contributed by atoms with E-state index in [9.17, 15) is 14.4 Å². The van der Waals surface area contributed by atoms with Crippen LogP contribution < -0.4 is 16.4 Å². The Bertz CT molecular complexity index is 1170. The molecule has 30 heavy (non-hydrogen) atoms. The molecule has 0 bridgehead atoms. The SMILES string of the molecule is CC(Nc1ncnc(N)c1C#N)c1nc2cccc(F)c2cc1C(=O)NCC1CC1. The molecule has 4 N–H and O–H groups in total. The molecule has 1 aromatic carbocycles. The van der Waals surface area contributed by atoms with Gasteiger partial charge in [-0.05, 0) is 43.9 Å². The van der Waals surface area contributed by atoms with Crippen LogP contribution in [0.4, 0.5) is 16.0 Å². The molecule has 0 saturated heterocycles. The molecule has 0 radical (unpaired) electrons. The van der Waals surface area contributed by atoms with Crippen LogP contribution in [0, 0.1) is 23.1 Å². The second kappa shape index (κ2) is 7.91. The van der Waals surface area contributed by atoms with Gasteiger partial charge in [-0.1, -0.05) is 6.07 Å².